The van der Waals surface area contributed by atoms with Crippen LogP contribution in [-0.4, -0.2) is 64.7 Å². The molecule has 0 saturated carbocycles. The summed E-state index contributed by atoms with van der Waals surface area (Å²) in [6.07, 6.45) is 3.42. The largest absolute Gasteiger partial charge is 0.396 e. The van der Waals surface area contributed by atoms with E-state index in [4.69, 9.17) is 0 Å². The fraction of sp³-hybridized carbons (Fsp3) is 0.667. The van der Waals surface area contributed by atoms with Crippen molar-refractivity contribution in [1.29, 1.82) is 0 Å². The molecule has 0 unspecified atom stereocenters. The molecule has 2 aliphatic rings. The average Bonchev–Trinajstić information content (AvgIpc) is 2.59. The standard InChI is InChI=1S/C18H27FN2OS/c19-16-3-1-15(2-4-16)13-20-8-9-21(14-18(20)5-10-22)17-6-11-23-12-7-17/h1-4,17-18,22H,5-14H2/t18-/m0/s1. The zero-order valence-corrected chi connectivity index (χ0v) is 14.5. The maximum Gasteiger partial charge on any atom is 0.123 e. The molecule has 2 heterocycles. The van der Waals surface area contributed by atoms with Gasteiger partial charge >= 0.3 is 0 Å². The summed E-state index contributed by atoms with van der Waals surface area (Å²) >= 11 is 2.07. The molecule has 0 aromatic heterocycles. The molecule has 23 heavy (non-hydrogen) atoms. The van der Waals surface area contributed by atoms with Gasteiger partial charge < -0.3 is 5.11 Å². The van der Waals surface area contributed by atoms with Crippen molar-refractivity contribution in [2.24, 2.45) is 0 Å². The van der Waals surface area contributed by atoms with Gasteiger partial charge in [-0.25, -0.2) is 4.39 Å². The Morgan fingerprint density at radius 2 is 1.87 bits per heavy atom. The first-order valence-corrected chi connectivity index (χ1v) is 9.83. The highest BCUT2D eigenvalue weighted by molar-refractivity contribution is 7.99. The molecular weight excluding hydrogens is 311 g/mol. The van der Waals surface area contributed by atoms with Gasteiger partial charge in [-0.2, -0.15) is 11.8 Å². The summed E-state index contributed by atoms with van der Waals surface area (Å²) in [5.41, 5.74) is 1.15. The monoisotopic (exact) mass is 338 g/mol. The van der Waals surface area contributed by atoms with Crippen LogP contribution in [0.15, 0.2) is 24.3 Å². The molecule has 3 nitrogen and oxygen atoms in total. The Hall–Kier alpha value is -0.620. The van der Waals surface area contributed by atoms with Crippen molar-refractivity contribution in [3.63, 3.8) is 0 Å². The molecule has 5 heteroatoms. The highest BCUT2D eigenvalue weighted by Gasteiger charge is 2.31. The maximum atomic E-state index is 13.1. The molecule has 2 saturated heterocycles. The summed E-state index contributed by atoms with van der Waals surface area (Å²) < 4.78 is 13.1. The normalized spacial score (nSPS) is 24.9. The Kier molecular flexibility index (Phi) is 6.34. The van der Waals surface area contributed by atoms with Gasteiger partial charge in [-0.15, -0.1) is 0 Å². The van der Waals surface area contributed by atoms with Crippen LogP contribution < -0.4 is 0 Å². The number of hydrogen-bond donors (Lipinski definition) is 1. The van der Waals surface area contributed by atoms with E-state index < -0.39 is 0 Å². The smallest absolute Gasteiger partial charge is 0.123 e. The van der Waals surface area contributed by atoms with Crippen LogP contribution in [-0.2, 0) is 6.54 Å². The molecular formula is C18H27FN2OS. The van der Waals surface area contributed by atoms with Gasteiger partial charge in [0.2, 0.25) is 0 Å². The molecule has 1 aromatic rings. The Bertz CT molecular complexity index is 478. The molecule has 2 fully saturated rings. The van der Waals surface area contributed by atoms with E-state index >= 15 is 0 Å². The van der Waals surface area contributed by atoms with E-state index in [1.54, 1.807) is 0 Å². The van der Waals surface area contributed by atoms with E-state index in [9.17, 15) is 9.50 Å². The number of aliphatic hydroxyl groups excluding tert-OH is 1. The van der Waals surface area contributed by atoms with Gasteiger partial charge in [-0.05, 0) is 48.5 Å². The first-order chi connectivity index (χ1) is 11.3. The number of rotatable bonds is 5. The van der Waals surface area contributed by atoms with Gasteiger partial charge in [0.25, 0.3) is 0 Å². The number of nitrogens with zero attached hydrogens (tertiary/aromatic N) is 2. The number of piperazine rings is 1. The van der Waals surface area contributed by atoms with Gasteiger partial charge in [-0.3, -0.25) is 9.80 Å². The van der Waals surface area contributed by atoms with E-state index in [2.05, 4.69) is 21.6 Å². The van der Waals surface area contributed by atoms with Crippen molar-refractivity contribution >= 4 is 11.8 Å². The second-order valence-corrected chi connectivity index (χ2v) is 7.83. The molecule has 0 aliphatic carbocycles. The lowest BCUT2D eigenvalue weighted by Gasteiger charge is -2.45. The Labute approximate surface area is 142 Å². The molecule has 1 atom stereocenters. The Morgan fingerprint density at radius 1 is 1.13 bits per heavy atom. The zero-order valence-electron chi connectivity index (χ0n) is 13.7. The Balaban J connectivity index is 1.61. The van der Waals surface area contributed by atoms with Crippen LogP contribution >= 0.6 is 11.8 Å². The fourth-order valence-corrected chi connectivity index (χ4v) is 4.84. The summed E-state index contributed by atoms with van der Waals surface area (Å²) in [5, 5.41) is 9.44. The van der Waals surface area contributed by atoms with Crippen LogP contribution in [0.1, 0.15) is 24.8 Å². The minimum absolute atomic E-state index is 0.180. The van der Waals surface area contributed by atoms with Crippen LogP contribution in [0.25, 0.3) is 0 Å². The van der Waals surface area contributed by atoms with Crippen molar-refractivity contribution in [2.75, 3.05) is 37.7 Å². The molecule has 1 aromatic carbocycles. The fourth-order valence-electron chi connectivity index (χ4n) is 3.75. The zero-order chi connectivity index (χ0) is 16.1. The van der Waals surface area contributed by atoms with Crippen LogP contribution in [0.5, 0.6) is 0 Å². The third-order valence-electron chi connectivity index (χ3n) is 5.10. The van der Waals surface area contributed by atoms with Crippen molar-refractivity contribution in [1.82, 2.24) is 9.80 Å². The second kappa shape index (κ2) is 8.47. The van der Waals surface area contributed by atoms with Crippen molar-refractivity contribution in [3.8, 4) is 0 Å². The lowest BCUT2D eigenvalue weighted by molar-refractivity contribution is 0.0292. The number of halogens is 1. The van der Waals surface area contributed by atoms with Crippen molar-refractivity contribution in [3.05, 3.63) is 35.6 Å². The van der Waals surface area contributed by atoms with E-state index in [1.807, 2.05) is 12.1 Å². The number of thioether (sulfide) groups is 1. The van der Waals surface area contributed by atoms with Crippen LogP contribution in [0.3, 0.4) is 0 Å². The first kappa shape index (κ1) is 17.2. The van der Waals surface area contributed by atoms with Gasteiger partial charge in [0.05, 0.1) is 0 Å². The van der Waals surface area contributed by atoms with E-state index in [1.165, 1.54) is 36.5 Å². The molecule has 0 bridgehead atoms. The number of hydrogen-bond acceptors (Lipinski definition) is 4. The number of aliphatic hydroxyl groups is 1. The van der Waals surface area contributed by atoms with Gasteiger partial charge in [0.1, 0.15) is 5.82 Å². The molecule has 1 N–H and O–H groups in total. The van der Waals surface area contributed by atoms with Crippen LogP contribution in [0, 0.1) is 5.82 Å². The molecule has 2 aliphatic heterocycles. The molecule has 0 radical (unpaired) electrons. The minimum atomic E-state index is -0.180. The molecule has 3 rings (SSSR count). The summed E-state index contributed by atoms with van der Waals surface area (Å²) in [4.78, 5) is 5.10. The van der Waals surface area contributed by atoms with Crippen LogP contribution in [0.4, 0.5) is 4.39 Å². The topological polar surface area (TPSA) is 26.7 Å². The summed E-state index contributed by atoms with van der Waals surface area (Å²) in [6.45, 7) is 4.28. The average molecular weight is 338 g/mol. The van der Waals surface area contributed by atoms with Gasteiger partial charge in [0, 0.05) is 44.9 Å². The third-order valence-corrected chi connectivity index (χ3v) is 6.15. The predicted molar refractivity (Wildman–Crippen MR) is 94.2 cm³/mol. The van der Waals surface area contributed by atoms with Gasteiger partial charge in [0.15, 0.2) is 0 Å². The Morgan fingerprint density at radius 3 is 2.57 bits per heavy atom. The van der Waals surface area contributed by atoms with Gasteiger partial charge in [-0.1, -0.05) is 12.1 Å². The molecule has 0 amide bonds. The lowest BCUT2D eigenvalue weighted by Crippen LogP contribution is -2.56. The quantitative estimate of drug-likeness (QED) is 0.893. The second-order valence-electron chi connectivity index (χ2n) is 6.60. The van der Waals surface area contributed by atoms with Crippen molar-refractivity contribution in [2.45, 2.75) is 37.9 Å². The van der Waals surface area contributed by atoms with E-state index in [0.29, 0.717) is 6.04 Å². The number of benzene rings is 1. The van der Waals surface area contributed by atoms with E-state index in [0.717, 1.165) is 44.2 Å². The highest BCUT2D eigenvalue weighted by atomic mass is 32.2. The summed E-state index contributed by atoms with van der Waals surface area (Å²) in [7, 11) is 0. The molecule has 128 valence electrons. The SMILES string of the molecule is OCC[C@H]1CN(C2CCSCC2)CCN1Cc1ccc(F)cc1. The summed E-state index contributed by atoms with van der Waals surface area (Å²) in [6, 6.07) is 7.93. The highest BCUT2D eigenvalue weighted by Crippen LogP contribution is 2.25. The first-order valence-electron chi connectivity index (χ1n) is 8.67. The van der Waals surface area contributed by atoms with Crippen LogP contribution in [0.2, 0.25) is 0 Å². The lowest BCUT2D eigenvalue weighted by atomic mass is 10.0. The van der Waals surface area contributed by atoms with E-state index in [-0.39, 0.29) is 12.4 Å². The molecule has 0 spiro atoms. The summed E-state index contributed by atoms with van der Waals surface area (Å²) in [5.74, 6) is 2.39. The minimum Gasteiger partial charge on any atom is -0.396 e. The predicted octanol–water partition coefficient (Wildman–Crippen LogP) is 2.59. The maximum absolute atomic E-state index is 13.1. The van der Waals surface area contributed by atoms with Crippen molar-refractivity contribution < 1.29 is 9.50 Å². The third kappa shape index (κ3) is 4.69.